The molecule has 1 aromatic rings. The number of nitrogens with zero attached hydrogens (tertiary/aromatic N) is 2. The third-order valence-electron chi connectivity index (χ3n) is 3.54. The molecule has 2 N–H and O–H groups in total. The zero-order valence-electron chi connectivity index (χ0n) is 11.2. The summed E-state index contributed by atoms with van der Waals surface area (Å²) in [4.78, 5) is 16.4. The van der Waals surface area contributed by atoms with Crippen LogP contribution in [0.5, 0.6) is 0 Å². The van der Waals surface area contributed by atoms with E-state index < -0.39 is 0 Å². The first kappa shape index (κ1) is 14.3. The summed E-state index contributed by atoms with van der Waals surface area (Å²) in [6.07, 6.45) is 2.55. The van der Waals surface area contributed by atoms with E-state index in [1.807, 2.05) is 13.1 Å². The number of amides is 1. The lowest BCUT2D eigenvalue weighted by Gasteiger charge is -2.22. The van der Waals surface area contributed by atoms with E-state index in [1.54, 1.807) is 17.0 Å². The molecule has 1 amide bonds. The lowest BCUT2D eigenvalue weighted by molar-refractivity contribution is 0.0783. The molecule has 4 nitrogen and oxygen atoms in total. The van der Waals surface area contributed by atoms with E-state index in [4.69, 9.17) is 5.73 Å². The topological polar surface area (TPSA) is 49.6 Å². The van der Waals surface area contributed by atoms with Crippen LogP contribution in [-0.2, 0) is 0 Å². The monoisotopic (exact) mass is 325 g/mol. The molecule has 0 aliphatic carbocycles. The minimum absolute atomic E-state index is 0.0100. The van der Waals surface area contributed by atoms with Gasteiger partial charge in [-0.05, 0) is 44.1 Å². The summed E-state index contributed by atoms with van der Waals surface area (Å²) in [6.45, 7) is 4.00. The third kappa shape index (κ3) is 3.70. The number of hydrogen-bond acceptors (Lipinski definition) is 3. The van der Waals surface area contributed by atoms with Crippen molar-refractivity contribution in [1.29, 1.82) is 0 Å². The summed E-state index contributed by atoms with van der Waals surface area (Å²) in [6, 6.07) is 5.38. The van der Waals surface area contributed by atoms with Crippen molar-refractivity contribution in [2.75, 3.05) is 39.0 Å². The maximum atomic E-state index is 12.3. The van der Waals surface area contributed by atoms with E-state index in [0.29, 0.717) is 11.3 Å². The molecule has 0 atom stereocenters. The van der Waals surface area contributed by atoms with Crippen LogP contribution >= 0.6 is 15.9 Å². The van der Waals surface area contributed by atoms with Crippen LogP contribution in [0.4, 0.5) is 5.69 Å². The Balaban J connectivity index is 1.94. The molecule has 0 unspecified atom stereocenters. The van der Waals surface area contributed by atoms with Gasteiger partial charge in [0.25, 0.3) is 5.91 Å². The van der Waals surface area contributed by atoms with Crippen LogP contribution in [0.1, 0.15) is 23.2 Å². The smallest absolute Gasteiger partial charge is 0.255 e. The van der Waals surface area contributed by atoms with Crippen LogP contribution in [0.15, 0.2) is 22.7 Å². The van der Waals surface area contributed by atoms with Crippen molar-refractivity contribution in [3.8, 4) is 0 Å². The molecule has 1 saturated heterocycles. The first-order chi connectivity index (χ1) is 9.08. The van der Waals surface area contributed by atoms with Crippen LogP contribution in [0.3, 0.4) is 0 Å². The van der Waals surface area contributed by atoms with Crippen LogP contribution in [-0.4, -0.2) is 48.9 Å². The molecule has 1 aliphatic rings. The van der Waals surface area contributed by atoms with E-state index in [2.05, 4.69) is 20.8 Å². The Morgan fingerprint density at radius 1 is 1.42 bits per heavy atom. The number of rotatable bonds is 4. The van der Waals surface area contributed by atoms with Gasteiger partial charge in [0, 0.05) is 30.3 Å². The molecule has 0 spiro atoms. The first-order valence-electron chi connectivity index (χ1n) is 6.61. The minimum Gasteiger partial charge on any atom is -0.398 e. The SMILES string of the molecule is CN(CCN1CCCC1)C(=O)c1ccc(Br)cc1N. The lowest BCUT2D eigenvalue weighted by atomic mass is 10.1. The van der Waals surface area contributed by atoms with Gasteiger partial charge in [-0.25, -0.2) is 0 Å². The second kappa shape index (κ2) is 6.39. The molecule has 1 heterocycles. The largest absolute Gasteiger partial charge is 0.398 e. The Morgan fingerprint density at radius 3 is 2.74 bits per heavy atom. The molecule has 0 radical (unpaired) electrons. The highest BCUT2D eigenvalue weighted by Gasteiger charge is 2.17. The lowest BCUT2D eigenvalue weighted by Crippen LogP contribution is -2.35. The number of nitrogens with two attached hydrogens (primary N) is 1. The van der Waals surface area contributed by atoms with Crippen LogP contribution in [0, 0.1) is 0 Å². The number of likely N-dealkylation sites (tertiary alicyclic amines) is 1. The maximum absolute atomic E-state index is 12.3. The van der Waals surface area contributed by atoms with Crippen molar-refractivity contribution in [2.45, 2.75) is 12.8 Å². The third-order valence-corrected chi connectivity index (χ3v) is 4.03. The van der Waals surface area contributed by atoms with Gasteiger partial charge in [0.1, 0.15) is 0 Å². The molecule has 0 saturated carbocycles. The molecule has 5 heteroatoms. The van der Waals surface area contributed by atoms with E-state index in [-0.39, 0.29) is 5.91 Å². The summed E-state index contributed by atoms with van der Waals surface area (Å²) in [7, 11) is 1.83. The van der Waals surface area contributed by atoms with Crippen molar-refractivity contribution >= 4 is 27.5 Å². The highest BCUT2D eigenvalue weighted by molar-refractivity contribution is 9.10. The molecular formula is C14H20BrN3O. The standard InChI is InChI=1S/C14H20BrN3O/c1-17(8-9-18-6-2-3-7-18)14(19)12-5-4-11(15)10-13(12)16/h4-5,10H,2-3,6-9,16H2,1H3. The molecule has 104 valence electrons. The fraction of sp³-hybridized carbons (Fsp3) is 0.500. The second-order valence-corrected chi connectivity index (χ2v) is 5.92. The van der Waals surface area contributed by atoms with Crippen LogP contribution in [0.25, 0.3) is 0 Å². The van der Waals surface area contributed by atoms with Crippen molar-refractivity contribution in [3.05, 3.63) is 28.2 Å². The van der Waals surface area contributed by atoms with Gasteiger partial charge in [-0.2, -0.15) is 0 Å². The van der Waals surface area contributed by atoms with Crippen LogP contribution < -0.4 is 5.73 Å². The number of anilines is 1. The number of hydrogen-bond donors (Lipinski definition) is 1. The highest BCUT2D eigenvalue weighted by Crippen LogP contribution is 2.19. The van der Waals surface area contributed by atoms with E-state index in [1.165, 1.54) is 12.8 Å². The zero-order valence-corrected chi connectivity index (χ0v) is 12.8. The zero-order chi connectivity index (χ0) is 13.8. The predicted octanol–water partition coefficient (Wildman–Crippen LogP) is 2.20. The fourth-order valence-electron chi connectivity index (χ4n) is 2.33. The summed E-state index contributed by atoms with van der Waals surface area (Å²) in [5.41, 5.74) is 6.99. The van der Waals surface area contributed by atoms with Gasteiger partial charge < -0.3 is 15.5 Å². The highest BCUT2D eigenvalue weighted by atomic mass is 79.9. The molecule has 1 aliphatic heterocycles. The average Bonchev–Trinajstić information content (AvgIpc) is 2.88. The quantitative estimate of drug-likeness (QED) is 0.863. The molecule has 19 heavy (non-hydrogen) atoms. The molecule has 1 aromatic carbocycles. The number of halogens is 1. The number of carbonyl (C=O) groups excluding carboxylic acids is 1. The Bertz CT molecular complexity index is 458. The first-order valence-corrected chi connectivity index (χ1v) is 7.40. The van der Waals surface area contributed by atoms with Crippen molar-refractivity contribution < 1.29 is 4.79 Å². The van der Waals surface area contributed by atoms with Gasteiger partial charge in [0.2, 0.25) is 0 Å². The number of likely N-dealkylation sites (N-methyl/N-ethyl adjacent to an activating group) is 1. The number of benzene rings is 1. The molecule has 0 aromatic heterocycles. The molecular weight excluding hydrogens is 306 g/mol. The van der Waals surface area contributed by atoms with E-state index >= 15 is 0 Å². The average molecular weight is 326 g/mol. The second-order valence-electron chi connectivity index (χ2n) is 5.01. The van der Waals surface area contributed by atoms with Gasteiger partial charge in [-0.3, -0.25) is 4.79 Å². The Labute approximate surface area is 122 Å². The van der Waals surface area contributed by atoms with Crippen molar-refractivity contribution in [1.82, 2.24) is 9.80 Å². The Hall–Kier alpha value is -1.07. The van der Waals surface area contributed by atoms with Gasteiger partial charge in [-0.15, -0.1) is 0 Å². The van der Waals surface area contributed by atoms with Gasteiger partial charge in [-0.1, -0.05) is 15.9 Å². The van der Waals surface area contributed by atoms with Gasteiger partial charge >= 0.3 is 0 Å². The Morgan fingerprint density at radius 2 is 2.11 bits per heavy atom. The van der Waals surface area contributed by atoms with Crippen molar-refractivity contribution in [3.63, 3.8) is 0 Å². The fourth-order valence-corrected chi connectivity index (χ4v) is 2.71. The molecule has 2 rings (SSSR count). The maximum Gasteiger partial charge on any atom is 0.255 e. The summed E-state index contributed by atoms with van der Waals surface area (Å²) in [5.74, 6) is -0.0100. The van der Waals surface area contributed by atoms with E-state index in [0.717, 1.165) is 30.7 Å². The van der Waals surface area contributed by atoms with E-state index in [9.17, 15) is 4.79 Å². The molecule has 0 bridgehead atoms. The normalized spacial score (nSPS) is 15.7. The minimum atomic E-state index is -0.0100. The summed E-state index contributed by atoms with van der Waals surface area (Å²) >= 11 is 3.35. The number of carbonyl (C=O) groups is 1. The summed E-state index contributed by atoms with van der Waals surface area (Å²) < 4.78 is 0.890. The van der Waals surface area contributed by atoms with Gasteiger partial charge in [0.05, 0.1) is 5.56 Å². The summed E-state index contributed by atoms with van der Waals surface area (Å²) in [5, 5.41) is 0. The van der Waals surface area contributed by atoms with Crippen LogP contribution in [0.2, 0.25) is 0 Å². The van der Waals surface area contributed by atoms with Gasteiger partial charge in [0.15, 0.2) is 0 Å². The van der Waals surface area contributed by atoms with Crippen molar-refractivity contribution in [2.24, 2.45) is 0 Å². The predicted molar refractivity (Wildman–Crippen MR) is 81.2 cm³/mol. The number of nitrogen functional groups attached to an aromatic ring is 1. The Kier molecular flexibility index (Phi) is 4.82. The molecule has 1 fully saturated rings.